The van der Waals surface area contributed by atoms with Gasteiger partial charge in [0.15, 0.2) is 11.6 Å². The number of imidazole rings is 1. The number of aromatic nitrogens is 2. The van der Waals surface area contributed by atoms with Crippen LogP contribution in [0.25, 0.3) is 0 Å². The molecule has 0 spiro atoms. The third-order valence-electron chi connectivity index (χ3n) is 1.68. The van der Waals surface area contributed by atoms with E-state index in [1.807, 2.05) is 10.8 Å². The van der Waals surface area contributed by atoms with E-state index in [9.17, 15) is 4.79 Å². The van der Waals surface area contributed by atoms with E-state index < -0.39 is 0 Å². The number of rotatable bonds is 2. The monoisotopic (exact) mass is 180 g/mol. The SMILES string of the molecule is CC(=O)c1nccn1CC(C)(C)C. The van der Waals surface area contributed by atoms with Gasteiger partial charge in [-0.2, -0.15) is 0 Å². The van der Waals surface area contributed by atoms with Crippen molar-refractivity contribution in [3.8, 4) is 0 Å². The van der Waals surface area contributed by atoms with E-state index in [1.165, 1.54) is 0 Å². The fourth-order valence-electron chi connectivity index (χ4n) is 1.26. The number of hydrogen-bond acceptors (Lipinski definition) is 2. The predicted octanol–water partition coefficient (Wildman–Crippen LogP) is 2.13. The van der Waals surface area contributed by atoms with Crippen molar-refractivity contribution in [3.05, 3.63) is 18.2 Å². The van der Waals surface area contributed by atoms with Crippen LogP contribution in [0.5, 0.6) is 0 Å². The predicted molar refractivity (Wildman–Crippen MR) is 51.7 cm³/mol. The Morgan fingerprint density at radius 3 is 2.62 bits per heavy atom. The molecule has 0 aliphatic heterocycles. The summed E-state index contributed by atoms with van der Waals surface area (Å²) in [6.07, 6.45) is 3.52. The van der Waals surface area contributed by atoms with E-state index in [2.05, 4.69) is 25.8 Å². The highest BCUT2D eigenvalue weighted by molar-refractivity contribution is 5.90. The minimum absolute atomic E-state index is 0.0225. The van der Waals surface area contributed by atoms with E-state index in [0.717, 1.165) is 6.54 Å². The minimum Gasteiger partial charge on any atom is -0.328 e. The van der Waals surface area contributed by atoms with Crippen LogP contribution in [0, 0.1) is 5.41 Å². The van der Waals surface area contributed by atoms with Gasteiger partial charge in [0.05, 0.1) is 0 Å². The van der Waals surface area contributed by atoms with Crippen molar-refractivity contribution in [2.75, 3.05) is 0 Å². The molecule has 72 valence electrons. The Labute approximate surface area is 78.8 Å². The Balaban J connectivity index is 2.89. The number of Topliss-reactive ketones (excluding diaryl/α,β-unsaturated/α-hetero) is 1. The third-order valence-corrected chi connectivity index (χ3v) is 1.68. The van der Waals surface area contributed by atoms with Crippen LogP contribution in [-0.2, 0) is 6.54 Å². The van der Waals surface area contributed by atoms with Crippen LogP contribution in [0.1, 0.15) is 38.3 Å². The first-order chi connectivity index (χ1) is 5.90. The van der Waals surface area contributed by atoms with E-state index in [0.29, 0.717) is 5.82 Å². The summed E-state index contributed by atoms with van der Waals surface area (Å²) in [6.45, 7) is 8.77. The van der Waals surface area contributed by atoms with Crippen molar-refractivity contribution in [3.63, 3.8) is 0 Å². The van der Waals surface area contributed by atoms with Crippen LogP contribution in [0.4, 0.5) is 0 Å². The molecule has 1 aromatic rings. The Kier molecular flexibility index (Phi) is 2.55. The molecule has 13 heavy (non-hydrogen) atoms. The Morgan fingerprint density at radius 2 is 2.15 bits per heavy atom. The van der Waals surface area contributed by atoms with Crippen LogP contribution in [0.2, 0.25) is 0 Å². The summed E-state index contributed by atoms with van der Waals surface area (Å²) in [4.78, 5) is 15.1. The molecule has 3 nitrogen and oxygen atoms in total. The molecule has 0 atom stereocenters. The number of carbonyl (C=O) groups is 1. The topological polar surface area (TPSA) is 34.9 Å². The van der Waals surface area contributed by atoms with Gasteiger partial charge in [-0.15, -0.1) is 0 Å². The number of carbonyl (C=O) groups excluding carboxylic acids is 1. The van der Waals surface area contributed by atoms with Crippen LogP contribution in [0.15, 0.2) is 12.4 Å². The molecule has 1 heterocycles. The molecule has 1 aromatic heterocycles. The summed E-state index contributed by atoms with van der Waals surface area (Å²) in [5.74, 6) is 0.573. The average molecular weight is 180 g/mol. The highest BCUT2D eigenvalue weighted by Crippen LogP contribution is 2.17. The standard InChI is InChI=1S/C10H16N2O/c1-8(13)9-11-5-6-12(9)7-10(2,3)4/h5-6H,7H2,1-4H3. The highest BCUT2D eigenvalue weighted by atomic mass is 16.1. The molecule has 1 rings (SSSR count). The largest absolute Gasteiger partial charge is 0.328 e. The number of hydrogen-bond donors (Lipinski definition) is 0. The Hall–Kier alpha value is -1.12. The maximum atomic E-state index is 11.1. The van der Waals surface area contributed by atoms with E-state index in [-0.39, 0.29) is 11.2 Å². The summed E-state index contributed by atoms with van der Waals surface area (Å²) >= 11 is 0. The maximum absolute atomic E-state index is 11.1. The normalized spacial score (nSPS) is 11.7. The molecule has 0 unspecified atom stereocenters. The van der Waals surface area contributed by atoms with Crippen molar-refractivity contribution in [2.24, 2.45) is 5.41 Å². The Bertz CT molecular complexity index is 307. The van der Waals surface area contributed by atoms with Crippen molar-refractivity contribution in [2.45, 2.75) is 34.2 Å². The molecule has 0 radical (unpaired) electrons. The van der Waals surface area contributed by atoms with E-state index >= 15 is 0 Å². The molecule has 0 fully saturated rings. The first kappa shape index (κ1) is 9.96. The lowest BCUT2D eigenvalue weighted by molar-refractivity contribution is 0.0997. The molecule has 0 aliphatic rings. The zero-order valence-electron chi connectivity index (χ0n) is 8.66. The summed E-state index contributed by atoms with van der Waals surface area (Å²) in [5, 5.41) is 0. The first-order valence-corrected chi connectivity index (χ1v) is 4.42. The fraction of sp³-hybridized carbons (Fsp3) is 0.600. The smallest absolute Gasteiger partial charge is 0.195 e. The van der Waals surface area contributed by atoms with Crippen molar-refractivity contribution in [1.29, 1.82) is 0 Å². The quantitative estimate of drug-likeness (QED) is 0.653. The lowest BCUT2D eigenvalue weighted by atomic mass is 9.97. The maximum Gasteiger partial charge on any atom is 0.195 e. The molecule has 0 saturated carbocycles. The second kappa shape index (κ2) is 3.32. The lowest BCUT2D eigenvalue weighted by Crippen LogP contribution is -2.18. The van der Waals surface area contributed by atoms with Gasteiger partial charge >= 0.3 is 0 Å². The number of nitrogens with zero attached hydrogens (tertiary/aromatic N) is 2. The fourth-order valence-corrected chi connectivity index (χ4v) is 1.26. The van der Waals surface area contributed by atoms with Gasteiger partial charge in [-0.25, -0.2) is 4.98 Å². The molecular weight excluding hydrogens is 164 g/mol. The van der Waals surface area contributed by atoms with Gasteiger partial charge in [0, 0.05) is 25.9 Å². The minimum atomic E-state index is 0.0225. The first-order valence-electron chi connectivity index (χ1n) is 4.42. The molecule has 0 aromatic carbocycles. The van der Waals surface area contributed by atoms with Crippen LogP contribution < -0.4 is 0 Å². The molecule has 0 saturated heterocycles. The van der Waals surface area contributed by atoms with Gasteiger partial charge in [0.2, 0.25) is 0 Å². The molecule has 0 aliphatic carbocycles. The zero-order valence-corrected chi connectivity index (χ0v) is 8.66. The summed E-state index contributed by atoms with van der Waals surface area (Å²) < 4.78 is 1.91. The van der Waals surface area contributed by atoms with Crippen molar-refractivity contribution < 1.29 is 4.79 Å². The number of ketones is 1. The third kappa shape index (κ3) is 2.68. The second-order valence-corrected chi connectivity index (χ2v) is 4.50. The molecular formula is C10H16N2O. The average Bonchev–Trinajstić information content (AvgIpc) is 2.31. The van der Waals surface area contributed by atoms with Crippen molar-refractivity contribution in [1.82, 2.24) is 9.55 Å². The van der Waals surface area contributed by atoms with Crippen molar-refractivity contribution >= 4 is 5.78 Å². The van der Waals surface area contributed by atoms with Gasteiger partial charge in [-0.3, -0.25) is 4.79 Å². The molecule has 0 amide bonds. The molecule has 3 heteroatoms. The molecule has 0 bridgehead atoms. The van der Waals surface area contributed by atoms with Gasteiger partial charge in [-0.1, -0.05) is 20.8 Å². The van der Waals surface area contributed by atoms with Crippen LogP contribution >= 0.6 is 0 Å². The van der Waals surface area contributed by atoms with Gasteiger partial charge in [0.1, 0.15) is 0 Å². The van der Waals surface area contributed by atoms with Crippen LogP contribution in [0.3, 0.4) is 0 Å². The van der Waals surface area contributed by atoms with Gasteiger partial charge in [0.25, 0.3) is 0 Å². The highest BCUT2D eigenvalue weighted by Gasteiger charge is 2.15. The summed E-state index contributed by atoms with van der Waals surface area (Å²) in [7, 11) is 0. The molecule has 0 N–H and O–H groups in total. The van der Waals surface area contributed by atoms with E-state index in [4.69, 9.17) is 0 Å². The van der Waals surface area contributed by atoms with E-state index in [1.54, 1.807) is 13.1 Å². The van der Waals surface area contributed by atoms with Crippen LogP contribution in [-0.4, -0.2) is 15.3 Å². The zero-order chi connectivity index (χ0) is 10.1. The summed E-state index contributed by atoms with van der Waals surface area (Å²) in [5.41, 5.74) is 0.172. The lowest BCUT2D eigenvalue weighted by Gasteiger charge is -2.19. The Morgan fingerprint density at radius 1 is 1.54 bits per heavy atom. The van der Waals surface area contributed by atoms with Gasteiger partial charge in [-0.05, 0) is 5.41 Å². The van der Waals surface area contributed by atoms with Gasteiger partial charge < -0.3 is 4.57 Å². The summed E-state index contributed by atoms with van der Waals surface area (Å²) in [6, 6.07) is 0. The second-order valence-electron chi connectivity index (χ2n) is 4.50.